The van der Waals surface area contributed by atoms with E-state index in [2.05, 4.69) is 17.6 Å². The van der Waals surface area contributed by atoms with Crippen molar-refractivity contribution in [3.63, 3.8) is 0 Å². The minimum atomic E-state index is -0.429. The molecule has 3 amide bonds. The molecule has 2 aromatic carbocycles. The van der Waals surface area contributed by atoms with Crippen molar-refractivity contribution in [2.75, 3.05) is 23.8 Å². The molecule has 0 aliphatic carbocycles. The molecule has 146 valence electrons. The van der Waals surface area contributed by atoms with Crippen LogP contribution in [0.5, 0.6) is 0 Å². The van der Waals surface area contributed by atoms with Gasteiger partial charge in [0, 0.05) is 37.0 Å². The molecule has 0 aromatic heterocycles. The van der Waals surface area contributed by atoms with Gasteiger partial charge >= 0.3 is 0 Å². The highest BCUT2D eigenvalue weighted by molar-refractivity contribution is 6.04. The van der Waals surface area contributed by atoms with Crippen molar-refractivity contribution in [1.82, 2.24) is 5.32 Å². The molecular weight excluding hydrogens is 354 g/mol. The summed E-state index contributed by atoms with van der Waals surface area (Å²) in [4.78, 5) is 38.8. The molecule has 0 saturated carbocycles. The quantitative estimate of drug-likeness (QED) is 0.838. The van der Waals surface area contributed by atoms with Crippen LogP contribution < -0.4 is 15.5 Å². The summed E-state index contributed by atoms with van der Waals surface area (Å²) in [6.07, 6.45) is 1.11. The highest BCUT2D eigenvalue weighted by Crippen LogP contribution is 2.27. The third kappa shape index (κ3) is 3.91. The van der Waals surface area contributed by atoms with Crippen molar-refractivity contribution < 1.29 is 14.4 Å². The van der Waals surface area contributed by atoms with Gasteiger partial charge in [0.15, 0.2) is 0 Å². The van der Waals surface area contributed by atoms with Gasteiger partial charge in [0.1, 0.15) is 0 Å². The van der Waals surface area contributed by atoms with Gasteiger partial charge in [0.05, 0.1) is 5.92 Å². The van der Waals surface area contributed by atoms with E-state index in [0.29, 0.717) is 23.4 Å². The van der Waals surface area contributed by atoms with Crippen LogP contribution in [-0.2, 0) is 16.0 Å². The second kappa shape index (κ2) is 8.25. The van der Waals surface area contributed by atoms with E-state index < -0.39 is 5.92 Å². The first-order valence-electron chi connectivity index (χ1n) is 9.46. The Morgan fingerprint density at radius 1 is 1.14 bits per heavy atom. The molecular formula is C22H25N3O3. The number of carbonyl (C=O) groups excluding carboxylic acids is 3. The topological polar surface area (TPSA) is 78.5 Å². The van der Waals surface area contributed by atoms with E-state index >= 15 is 0 Å². The first kappa shape index (κ1) is 19.6. The number of aryl methyl sites for hydroxylation is 1. The Hall–Kier alpha value is -3.15. The monoisotopic (exact) mass is 379 g/mol. The van der Waals surface area contributed by atoms with Crippen molar-refractivity contribution >= 4 is 29.1 Å². The number of rotatable bonds is 5. The minimum Gasteiger partial charge on any atom is -0.355 e. The van der Waals surface area contributed by atoms with E-state index in [1.807, 2.05) is 24.3 Å². The van der Waals surface area contributed by atoms with Crippen molar-refractivity contribution in [2.24, 2.45) is 5.92 Å². The maximum absolute atomic E-state index is 12.7. The molecule has 0 bridgehead atoms. The maximum atomic E-state index is 12.7. The predicted molar refractivity (Wildman–Crippen MR) is 109 cm³/mol. The standard InChI is InChI=1S/C22H25N3O3/c1-4-15-8-10-17(11-9-15)25-13-16(12-20(25)26)21(27)24-19-7-5-6-18(14(19)2)22(28)23-3/h5-11,16H,4,12-13H2,1-3H3,(H,23,28)(H,24,27). The molecule has 1 heterocycles. The molecule has 1 fully saturated rings. The molecule has 6 heteroatoms. The highest BCUT2D eigenvalue weighted by Gasteiger charge is 2.35. The van der Waals surface area contributed by atoms with E-state index in [1.165, 1.54) is 5.56 Å². The van der Waals surface area contributed by atoms with Gasteiger partial charge in [0.25, 0.3) is 5.91 Å². The van der Waals surface area contributed by atoms with Crippen molar-refractivity contribution in [3.8, 4) is 0 Å². The minimum absolute atomic E-state index is 0.0553. The lowest BCUT2D eigenvalue weighted by molar-refractivity contribution is -0.122. The lowest BCUT2D eigenvalue weighted by Gasteiger charge is -2.17. The first-order chi connectivity index (χ1) is 13.4. The molecule has 1 unspecified atom stereocenters. The van der Waals surface area contributed by atoms with Gasteiger partial charge in [0.2, 0.25) is 11.8 Å². The zero-order chi connectivity index (χ0) is 20.3. The van der Waals surface area contributed by atoms with Gasteiger partial charge in [-0.15, -0.1) is 0 Å². The summed E-state index contributed by atoms with van der Waals surface area (Å²) in [5, 5.41) is 5.48. The summed E-state index contributed by atoms with van der Waals surface area (Å²) >= 11 is 0. The summed E-state index contributed by atoms with van der Waals surface area (Å²) in [5.41, 5.74) is 3.82. The van der Waals surface area contributed by atoms with Crippen LogP contribution in [0, 0.1) is 12.8 Å². The summed E-state index contributed by atoms with van der Waals surface area (Å²) in [7, 11) is 1.57. The molecule has 1 aliphatic heterocycles. The van der Waals surface area contributed by atoms with Crippen molar-refractivity contribution in [1.29, 1.82) is 0 Å². The van der Waals surface area contributed by atoms with Crippen molar-refractivity contribution in [2.45, 2.75) is 26.7 Å². The molecule has 28 heavy (non-hydrogen) atoms. The Morgan fingerprint density at radius 2 is 1.86 bits per heavy atom. The molecule has 2 aromatic rings. The van der Waals surface area contributed by atoms with E-state index in [9.17, 15) is 14.4 Å². The highest BCUT2D eigenvalue weighted by atomic mass is 16.2. The number of benzene rings is 2. The van der Waals surface area contributed by atoms with Crippen LogP contribution in [0.15, 0.2) is 42.5 Å². The fraction of sp³-hybridized carbons (Fsp3) is 0.318. The molecule has 1 saturated heterocycles. The Balaban J connectivity index is 1.72. The summed E-state index contributed by atoms with van der Waals surface area (Å²) in [6, 6.07) is 13.1. The zero-order valence-corrected chi connectivity index (χ0v) is 16.4. The molecule has 6 nitrogen and oxygen atoms in total. The summed E-state index contributed by atoms with van der Waals surface area (Å²) in [5.74, 6) is -0.897. The molecule has 0 radical (unpaired) electrons. The molecule has 0 spiro atoms. The second-order valence-electron chi connectivity index (χ2n) is 6.97. The van der Waals surface area contributed by atoms with Crippen molar-refractivity contribution in [3.05, 3.63) is 59.2 Å². The number of nitrogens with one attached hydrogen (secondary N) is 2. The predicted octanol–water partition coefficient (Wildman–Crippen LogP) is 2.91. The maximum Gasteiger partial charge on any atom is 0.251 e. The van der Waals surface area contributed by atoms with Gasteiger partial charge < -0.3 is 15.5 Å². The Bertz CT molecular complexity index is 906. The fourth-order valence-electron chi connectivity index (χ4n) is 3.43. The Morgan fingerprint density at radius 3 is 2.50 bits per heavy atom. The fourth-order valence-corrected chi connectivity index (χ4v) is 3.43. The van der Waals surface area contributed by atoms with Crippen LogP contribution in [-0.4, -0.2) is 31.3 Å². The SMILES string of the molecule is CCc1ccc(N2CC(C(=O)Nc3cccc(C(=O)NC)c3C)CC2=O)cc1. The van der Waals surface area contributed by atoms with Crippen LogP contribution >= 0.6 is 0 Å². The van der Waals surface area contributed by atoms with Crippen LogP contribution in [0.2, 0.25) is 0 Å². The van der Waals surface area contributed by atoms with Gasteiger partial charge in [-0.25, -0.2) is 0 Å². The Kier molecular flexibility index (Phi) is 5.78. The molecule has 1 aliphatic rings. The van der Waals surface area contributed by atoms with Crippen LogP contribution in [0.3, 0.4) is 0 Å². The number of carbonyl (C=O) groups is 3. The number of amides is 3. The molecule has 3 rings (SSSR count). The largest absolute Gasteiger partial charge is 0.355 e. The van der Waals surface area contributed by atoms with Crippen LogP contribution in [0.4, 0.5) is 11.4 Å². The number of hydrogen-bond acceptors (Lipinski definition) is 3. The van der Waals surface area contributed by atoms with E-state index in [0.717, 1.165) is 12.1 Å². The second-order valence-corrected chi connectivity index (χ2v) is 6.97. The Labute approximate surface area is 164 Å². The summed E-state index contributed by atoms with van der Waals surface area (Å²) < 4.78 is 0. The third-order valence-corrected chi connectivity index (χ3v) is 5.22. The van der Waals surface area contributed by atoms with Gasteiger partial charge in [-0.1, -0.05) is 25.1 Å². The van der Waals surface area contributed by atoms with E-state index in [-0.39, 0.29) is 24.1 Å². The first-order valence-corrected chi connectivity index (χ1v) is 9.46. The van der Waals surface area contributed by atoms with Gasteiger partial charge in [-0.3, -0.25) is 14.4 Å². The average molecular weight is 379 g/mol. The van der Waals surface area contributed by atoms with Crippen LogP contribution in [0.1, 0.15) is 34.8 Å². The van der Waals surface area contributed by atoms with Gasteiger partial charge in [-0.05, 0) is 48.7 Å². The lowest BCUT2D eigenvalue weighted by atomic mass is 10.0. The molecule has 1 atom stereocenters. The smallest absolute Gasteiger partial charge is 0.251 e. The van der Waals surface area contributed by atoms with Gasteiger partial charge in [-0.2, -0.15) is 0 Å². The van der Waals surface area contributed by atoms with E-state index in [1.54, 1.807) is 37.1 Å². The third-order valence-electron chi connectivity index (χ3n) is 5.22. The average Bonchev–Trinajstić information content (AvgIpc) is 3.11. The zero-order valence-electron chi connectivity index (χ0n) is 16.4. The lowest BCUT2D eigenvalue weighted by Crippen LogP contribution is -2.28. The number of hydrogen-bond donors (Lipinski definition) is 2. The number of anilines is 2. The van der Waals surface area contributed by atoms with Crippen LogP contribution in [0.25, 0.3) is 0 Å². The normalized spacial score (nSPS) is 16.2. The summed E-state index contributed by atoms with van der Waals surface area (Å²) in [6.45, 7) is 4.23. The molecule has 2 N–H and O–H groups in total. The number of nitrogens with zero attached hydrogens (tertiary/aromatic N) is 1. The van der Waals surface area contributed by atoms with E-state index in [4.69, 9.17) is 0 Å².